The molecule has 1 unspecified atom stereocenters. The number of nitrogens with zero attached hydrogens (tertiary/aromatic N) is 2. The normalized spacial score (nSPS) is 20.2. The van der Waals surface area contributed by atoms with Crippen molar-refractivity contribution in [3.8, 4) is 5.75 Å². The summed E-state index contributed by atoms with van der Waals surface area (Å²) in [5.74, 6) is 1.59. The average Bonchev–Trinajstić information content (AvgIpc) is 2.43. The lowest BCUT2D eigenvalue weighted by Gasteiger charge is -2.32. The minimum absolute atomic E-state index is 0.645. The van der Waals surface area contributed by atoms with Crippen LogP contribution in [-0.2, 0) is 0 Å². The molecule has 2 heterocycles. The van der Waals surface area contributed by atoms with Gasteiger partial charge < -0.3 is 9.64 Å². The van der Waals surface area contributed by atoms with Crippen molar-refractivity contribution in [2.75, 3.05) is 26.2 Å². The third kappa shape index (κ3) is 4.67. The Morgan fingerprint density at radius 3 is 3.26 bits per heavy atom. The van der Waals surface area contributed by atoms with Gasteiger partial charge in [-0.2, -0.15) is 0 Å². The van der Waals surface area contributed by atoms with Gasteiger partial charge in [-0.1, -0.05) is 6.08 Å². The molecule has 1 aromatic rings. The van der Waals surface area contributed by atoms with Crippen molar-refractivity contribution in [1.82, 2.24) is 9.88 Å². The quantitative estimate of drug-likeness (QED) is 0.735. The zero-order chi connectivity index (χ0) is 13.5. The summed E-state index contributed by atoms with van der Waals surface area (Å²) in [5, 5.41) is 0. The molecule has 3 heteroatoms. The molecule has 0 N–H and O–H groups in total. The van der Waals surface area contributed by atoms with Crippen molar-refractivity contribution < 1.29 is 4.74 Å². The maximum Gasteiger partial charge on any atom is 0.122 e. The van der Waals surface area contributed by atoms with Crippen LogP contribution in [0, 0.1) is 12.8 Å². The fourth-order valence-corrected chi connectivity index (χ4v) is 2.59. The number of likely N-dealkylation sites (tertiary alicyclic amines) is 1. The van der Waals surface area contributed by atoms with Crippen LogP contribution in [0.1, 0.15) is 25.0 Å². The number of rotatable bonds is 6. The summed E-state index contributed by atoms with van der Waals surface area (Å²) in [6.07, 6.45) is 7.44. The monoisotopic (exact) mass is 260 g/mol. The molecule has 3 nitrogen and oxygen atoms in total. The van der Waals surface area contributed by atoms with Gasteiger partial charge in [0.2, 0.25) is 0 Å². The van der Waals surface area contributed by atoms with Gasteiger partial charge in [0, 0.05) is 37.0 Å². The van der Waals surface area contributed by atoms with E-state index in [0.717, 1.165) is 37.6 Å². The first-order chi connectivity index (χ1) is 9.28. The molecule has 0 aromatic carbocycles. The first kappa shape index (κ1) is 14.1. The fourth-order valence-electron chi connectivity index (χ4n) is 2.59. The largest absolute Gasteiger partial charge is 0.493 e. The summed E-state index contributed by atoms with van der Waals surface area (Å²) in [5.41, 5.74) is 1.01. The fraction of sp³-hybridized carbons (Fsp3) is 0.562. The Morgan fingerprint density at radius 1 is 1.58 bits per heavy atom. The summed E-state index contributed by atoms with van der Waals surface area (Å²) < 4.78 is 5.89. The molecule has 0 spiro atoms. The molecule has 1 aromatic heterocycles. The average molecular weight is 260 g/mol. The van der Waals surface area contributed by atoms with Gasteiger partial charge >= 0.3 is 0 Å². The molecule has 1 saturated heterocycles. The summed E-state index contributed by atoms with van der Waals surface area (Å²) in [7, 11) is 0. The van der Waals surface area contributed by atoms with Crippen LogP contribution in [0.25, 0.3) is 0 Å². The Morgan fingerprint density at radius 2 is 2.47 bits per heavy atom. The maximum absolute atomic E-state index is 5.89. The lowest BCUT2D eigenvalue weighted by Crippen LogP contribution is -2.38. The topological polar surface area (TPSA) is 25.4 Å². The van der Waals surface area contributed by atoms with Crippen LogP contribution in [0.4, 0.5) is 0 Å². The molecule has 0 saturated carbocycles. The van der Waals surface area contributed by atoms with E-state index >= 15 is 0 Å². The number of hydrogen-bond acceptors (Lipinski definition) is 3. The number of pyridine rings is 1. The van der Waals surface area contributed by atoms with Gasteiger partial charge in [0.15, 0.2) is 0 Å². The van der Waals surface area contributed by atoms with Crippen LogP contribution in [0.5, 0.6) is 5.75 Å². The highest BCUT2D eigenvalue weighted by molar-refractivity contribution is 5.21. The Hall–Kier alpha value is -1.35. The van der Waals surface area contributed by atoms with E-state index in [9.17, 15) is 0 Å². The van der Waals surface area contributed by atoms with E-state index in [2.05, 4.69) is 16.5 Å². The number of aryl methyl sites for hydroxylation is 1. The molecular formula is C16H24N2O. The van der Waals surface area contributed by atoms with Crippen molar-refractivity contribution in [3.63, 3.8) is 0 Å². The van der Waals surface area contributed by atoms with Crippen LogP contribution in [0.3, 0.4) is 0 Å². The zero-order valence-electron chi connectivity index (χ0n) is 11.8. The van der Waals surface area contributed by atoms with E-state index in [1.807, 2.05) is 31.3 Å². The van der Waals surface area contributed by atoms with Crippen LogP contribution in [-0.4, -0.2) is 36.1 Å². The summed E-state index contributed by atoms with van der Waals surface area (Å²) in [4.78, 5) is 6.71. The third-order valence-electron chi connectivity index (χ3n) is 3.61. The van der Waals surface area contributed by atoms with Crippen LogP contribution in [0.15, 0.2) is 31.0 Å². The molecule has 1 aliphatic rings. The molecule has 1 aliphatic heterocycles. The zero-order valence-corrected chi connectivity index (χ0v) is 11.8. The molecule has 0 amide bonds. The molecule has 0 radical (unpaired) electrons. The molecular weight excluding hydrogens is 236 g/mol. The Kier molecular flexibility index (Phi) is 5.40. The second-order valence-corrected chi connectivity index (χ2v) is 5.33. The smallest absolute Gasteiger partial charge is 0.122 e. The number of aromatic nitrogens is 1. The molecule has 104 valence electrons. The number of ether oxygens (including phenoxy) is 1. The minimum Gasteiger partial charge on any atom is -0.493 e. The van der Waals surface area contributed by atoms with Gasteiger partial charge in [0.25, 0.3) is 0 Å². The van der Waals surface area contributed by atoms with Crippen molar-refractivity contribution in [2.45, 2.75) is 26.2 Å². The Balaban J connectivity index is 1.77. The van der Waals surface area contributed by atoms with Crippen molar-refractivity contribution in [3.05, 3.63) is 36.7 Å². The molecule has 1 fully saturated rings. The second kappa shape index (κ2) is 7.29. The SMILES string of the molecule is C=CCCN1CCCC(COc2ccnc(C)c2)C1. The standard InChI is InChI=1S/C16H24N2O/c1-3-4-9-18-10-5-6-15(12-18)13-19-16-7-8-17-14(2)11-16/h3,7-8,11,15H,1,4-6,9-10,12-13H2,2H3. The van der Waals surface area contributed by atoms with Crippen molar-refractivity contribution >= 4 is 0 Å². The summed E-state index contributed by atoms with van der Waals surface area (Å²) in [6, 6.07) is 3.93. The molecule has 1 atom stereocenters. The van der Waals surface area contributed by atoms with E-state index in [1.165, 1.54) is 19.4 Å². The lowest BCUT2D eigenvalue weighted by atomic mass is 9.99. The van der Waals surface area contributed by atoms with E-state index in [-0.39, 0.29) is 0 Å². The highest BCUT2D eigenvalue weighted by atomic mass is 16.5. The van der Waals surface area contributed by atoms with Crippen LogP contribution >= 0.6 is 0 Å². The van der Waals surface area contributed by atoms with E-state index in [0.29, 0.717) is 5.92 Å². The predicted molar refractivity (Wildman–Crippen MR) is 78.4 cm³/mol. The molecule has 2 rings (SSSR count). The van der Waals surface area contributed by atoms with Crippen LogP contribution < -0.4 is 4.74 Å². The van der Waals surface area contributed by atoms with Gasteiger partial charge in [-0.05, 0) is 38.8 Å². The second-order valence-electron chi connectivity index (χ2n) is 5.33. The van der Waals surface area contributed by atoms with Gasteiger partial charge in [-0.15, -0.1) is 6.58 Å². The van der Waals surface area contributed by atoms with Gasteiger partial charge in [-0.25, -0.2) is 0 Å². The molecule has 0 bridgehead atoms. The lowest BCUT2D eigenvalue weighted by molar-refractivity contribution is 0.131. The predicted octanol–water partition coefficient (Wildman–Crippen LogP) is 3.06. The van der Waals surface area contributed by atoms with Gasteiger partial charge in [-0.3, -0.25) is 4.98 Å². The Bertz CT molecular complexity index is 405. The molecule has 0 aliphatic carbocycles. The third-order valence-corrected chi connectivity index (χ3v) is 3.61. The Labute approximate surface area is 116 Å². The van der Waals surface area contributed by atoms with Crippen LogP contribution in [0.2, 0.25) is 0 Å². The van der Waals surface area contributed by atoms with Gasteiger partial charge in [0.1, 0.15) is 5.75 Å². The van der Waals surface area contributed by atoms with Crippen molar-refractivity contribution in [1.29, 1.82) is 0 Å². The van der Waals surface area contributed by atoms with E-state index < -0.39 is 0 Å². The van der Waals surface area contributed by atoms with Crippen molar-refractivity contribution in [2.24, 2.45) is 5.92 Å². The van der Waals surface area contributed by atoms with Gasteiger partial charge in [0.05, 0.1) is 6.61 Å². The first-order valence-electron chi connectivity index (χ1n) is 7.16. The highest BCUT2D eigenvalue weighted by Gasteiger charge is 2.19. The maximum atomic E-state index is 5.89. The minimum atomic E-state index is 0.645. The number of hydrogen-bond donors (Lipinski definition) is 0. The van der Waals surface area contributed by atoms with E-state index in [1.54, 1.807) is 0 Å². The summed E-state index contributed by atoms with van der Waals surface area (Å²) in [6.45, 7) is 10.1. The molecule has 19 heavy (non-hydrogen) atoms. The number of piperidine rings is 1. The first-order valence-corrected chi connectivity index (χ1v) is 7.16. The highest BCUT2D eigenvalue weighted by Crippen LogP contribution is 2.19. The summed E-state index contributed by atoms with van der Waals surface area (Å²) >= 11 is 0. The van der Waals surface area contributed by atoms with E-state index in [4.69, 9.17) is 4.74 Å².